The molecule has 1 aliphatic rings. The third kappa shape index (κ3) is 2.56. The second-order valence-electron chi connectivity index (χ2n) is 6.33. The molecule has 3 heterocycles. The molecule has 0 unspecified atom stereocenters. The highest BCUT2D eigenvalue weighted by Crippen LogP contribution is 2.40. The fraction of sp³-hybridized carbons (Fsp3) is 0.0909. The lowest BCUT2D eigenvalue weighted by molar-refractivity contribution is 0.196. The summed E-state index contributed by atoms with van der Waals surface area (Å²) in [6, 6.07) is 26.4. The predicted molar refractivity (Wildman–Crippen MR) is 101 cm³/mol. The van der Waals surface area contributed by atoms with Gasteiger partial charge >= 0.3 is 0 Å². The molecule has 0 aliphatic carbocycles. The van der Waals surface area contributed by atoms with Crippen molar-refractivity contribution in [3.8, 4) is 0 Å². The van der Waals surface area contributed by atoms with E-state index in [9.17, 15) is 0 Å². The van der Waals surface area contributed by atoms with Crippen LogP contribution in [0.2, 0.25) is 0 Å². The monoisotopic (exact) mass is 339 g/mol. The summed E-state index contributed by atoms with van der Waals surface area (Å²) < 4.78 is 8.29. The molecule has 0 N–H and O–H groups in total. The summed E-state index contributed by atoms with van der Waals surface area (Å²) in [4.78, 5) is 9.56. The second kappa shape index (κ2) is 6.15. The maximum atomic E-state index is 6.30. The van der Waals surface area contributed by atoms with Gasteiger partial charge in [0.25, 0.3) is 0 Å². The van der Waals surface area contributed by atoms with Crippen LogP contribution in [0, 0.1) is 0 Å². The predicted octanol–water partition coefficient (Wildman–Crippen LogP) is 4.59. The molecule has 1 aliphatic heterocycles. The number of hydrogen-bond donors (Lipinski definition) is 0. The lowest BCUT2D eigenvalue weighted by Gasteiger charge is -2.18. The molecule has 2 atom stereocenters. The van der Waals surface area contributed by atoms with Crippen molar-refractivity contribution < 1.29 is 4.74 Å². The highest BCUT2D eigenvalue weighted by molar-refractivity contribution is 5.94. The number of pyridine rings is 1. The van der Waals surface area contributed by atoms with Crippen LogP contribution >= 0.6 is 0 Å². The summed E-state index contributed by atoms with van der Waals surface area (Å²) in [6.07, 6.45) is 3.78. The lowest BCUT2D eigenvalue weighted by Crippen LogP contribution is -2.09. The average molecular weight is 339 g/mol. The summed E-state index contributed by atoms with van der Waals surface area (Å²) in [5.74, 6) is 0.594. The molecule has 26 heavy (non-hydrogen) atoms. The van der Waals surface area contributed by atoms with Gasteiger partial charge in [-0.2, -0.15) is 0 Å². The van der Waals surface area contributed by atoms with Gasteiger partial charge < -0.3 is 9.14 Å². The molecule has 0 saturated carbocycles. The molecule has 0 spiro atoms. The van der Waals surface area contributed by atoms with E-state index in [-0.39, 0.29) is 12.1 Å². The van der Waals surface area contributed by atoms with Gasteiger partial charge in [0, 0.05) is 12.4 Å². The number of aliphatic imine (C=N–C) groups is 1. The first kappa shape index (κ1) is 14.9. The molecule has 0 bridgehead atoms. The summed E-state index contributed by atoms with van der Waals surface area (Å²) in [6.45, 7) is 0. The molecule has 4 aromatic rings. The maximum absolute atomic E-state index is 6.30. The summed E-state index contributed by atoms with van der Waals surface area (Å²) in [5.41, 5.74) is 3.90. The van der Waals surface area contributed by atoms with Crippen molar-refractivity contribution in [2.24, 2.45) is 4.99 Å². The first-order valence-electron chi connectivity index (χ1n) is 8.67. The first-order valence-corrected chi connectivity index (χ1v) is 8.67. The van der Waals surface area contributed by atoms with E-state index in [1.165, 1.54) is 0 Å². The van der Waals surface area contributed by atoms with Gasteiger partial charge in [-0.1, -0.05) is 66.7 Å². The van der Waals surface area contributed by atoms with Gasteiger partial charge in [0.2, 0.25) is 5.90 Å². The molecular formula is C22H17N3O. The van der Waals surface area contributed by atoms with Crippen LogP contribution in [0.1, 0.15) is 29.0 Å². The normalized spacial score (nSPS) is 19.3. The molecule has 4 heteroatoms. The van der Waals surface area contributed by atoms with Crippen molar-refractivity contribution in [1.82, 2.24) is 9.38 Å². The molecule has 0 saturated heterocycles. The zero-order valence-electron chi connectivity index (χ0n) is 14.1. The van der Waals surface area contributed by atoms with Crippen LogP contribution in [-0.4, -0.2) is 15.3 Å². The Labute approximate surface area is 151 Å². The number of hydrogen-bond acceptors (Lipinski definition) is 3. The molecule has 0 amide bonds. The SMILES string of the molecule is c1ccc([C@H]2N=C(c3cn4ccccc4n3)O[C@@H]2c2ccccc2)cc1. The molecule has 2 aromatic heterocycles. The Hall–Kier alpha value is -3.40. The number of benzene rings is 2. The van der Waals surface area contributed by atoms with Crippen molar-refractivity contribution in [3.05, 3.63) is 108 Å². The van der Waals surface area contributed by atoms with Crippen LogP contribution < -0.4 is 0 Å². The van der Waals surface area contributed by atoms with E-state index in [2.05, 4.69) is 29.2 Å². The van der Waals surface area contributed by atoms with E-state index >= 15 is 0 Å². The number of nitrogens with zero attached hydrogens (tertiary/aromatic N) is 3. The maximum Gasteiger partial charge on any atom is 0.238 e. The topological polar surface area (TPSA) is 38.9 Å². The zero-order chi connectivity index (χ0) is 17.3. The smallest absolute Gasteiger partial charge is 0.238 e. The number of aromatic nitrogens is 2. The van der Waals surface area contributed by atoms with E-state index in [1.807, 2.05) is 71.4 Å². The quantitative estimate of drug-likeness (QED) is 0.547. The van der Waals surface area contributed by atoms with E-state index < -0.39 is 0 Å². The molecule has 4 nitrogen and oxygen atoms in total. The van der Waals surface area contributed by atoms with Crippen molar-refractivity contribution in [1.29, 1.82) is 0 Å². The van der Waals surface area contributed by atoms with Crippen LogP contribution in [0.4, 0.5) is 0 Å². The Bertz CT molecular complexity index is 1040. The van der Waals surface area contributed by atoms with E-state index in [0.29, 0.717) is 5.90 Å². The minimum absolute atomic E-state index is 0.0848. The van der Waals surface area contributed by atoms with Crippen LogP contribution in [0.25, 0.3) is 5.65 Å². The van der Waals surface area contributed by atoms with Gasteiger partial charge in [-0.25, -0.2) is 9.98 Å². The Morgan fingerprint density at radius 1 is 0.769 bits per heavy atom. The zero-order valence-corrected chi connectivity index (χ0v) is 14.1. The highest BCUT2D eigenvalue weighted by Gasteiger charge is 2.34. The van der Waals surface area contributed by atoms with Gasteiger partial charge in [-0.3, -0.25) is 0 Å². The Kier molecular flexibility index (Phi) is 3.53. The van der Waals surface area contributed by atoms with Gasteiger partial charge in [0.05, 0.1) is 0 Å². The van der Waals surface area contributed by atoms with Crippen LogP contribution in [0.3, 0.4) is 0 Å². The number of imidazole rings is 1. The third-order valence-electron chi connectivity index (χ3n) is 4.63. The largest absolute Gasteiger partial charge is 0.465 e. The second-order valence-corrected chi connectivity index (χ2v) is 6.33. The van der Waals surface area contributed by atoms with E-state index in [4.69, 9.17) is 9.73 Å². The number of rotatable bonds is 3. The Balaban J connectivity index is 1.58. The number of ether oxygens (including phenoxy) is 1. The Morgan fingerprint density at radius 3 is 2.19 bits per heavy atom. The van der Waals surface area contributed by atoms with Crippen molar-refractivity contribution >= 4 is 11.5 Å². The molecule has 0 radical (unpaired) electrons. The standard InChI is InChI=1S/C22H17N3O/c1-3-9-16(10-4-1)20-21(17-11-5-2-6-12-17)26-22(24-20)18-15-25-14-8-7-13-19(25)23-18/h1-15,20-21H/t20-,21-/m1/s1. The summed E-state index contributed by atoms with van der Waals surface area (Å²) in [7, 11) is 0. The van der Waals surface area contributed by atoms with Crippen LogP contribution in [-0.2, 0) is 4.74 Å². The van der Waals surface area contributed by atoms with Gasteiger partial charge in [0.15, 0.2) is 6.10 Å². The minimum atomic E-state index is -0.154. The van der Waals surface area contributed by atoms with E-state index in [1.54, 1.807) is 0 Å². The molecule has 0 fully saturated rings. The van der Waals surface area contributed by atoms with Crippen molar-refractivity contribution in [2.75, 3.05) is 0 Å². The average Bonchev–Trinajstić information content (AvgIpc) is 3.34. The van der Waals surface area contributed by atoms with Crippen molar-refractivity contribution in [2.45, 2.75) is 12.1 Å². The highest BCUT2D eigenvalue weighted by atomic mass is 16.5. The molecule has 126 valence electrons. The Morgan fingerprint density at radius 2 is 1.46 bits per heavy atom. The van der Waals surface area contributed by atoms with E-state index in [0.717, 1.165) is 22.5 Å². The first-order chi connectivity index (χ1) is 12.9. The molecular weight excluding hydrogens is 322 g/mol. The number of fused-ring (bicyclic) bond motifs is 1. The van der Waals surface area contributed by atoms with Gasteiger partial charge in [-0.15, -0.1) is 0 Å². The lowest BCUT2D eigenvalue weighted by atomic mass is 9.97. The van der Waals surface area contributed by atoms with Crippen LogP contribution in [0.15, 0.2) is 96.2 Å². The third-order valence-corrected chi connectivity index (χ3v) is 4.63. The summed E-state index contributed by atoms with van der Waals surface area (Å²) in [5, 5.41) is 0. The van der Waals surface area contributed by atoms with Crippen LogP contribution in [0.5, 0.6) is 0 Å². The minimum Gasteiger partial charge on any atom is -0.465 e. The fourth-order valence-electron chi connectivity index (χ4n) is 3.37. The summed E-state index contributed by atoms with van der Waals surface area (Å²) >= 11 is 0. The van der Waals surface area contributed by atoms with Crippen molar-refractivity contribution in [3.63, 3.8) is 0 Å². The van der Waals surface area contributed by atoms with Gasteiger partial charge in [0.1, 0.15) is 17.4 Å². The van der Waals surface area contributed by atoms with Gasteiger partial charge in [-0.05, 0) is 23.3 Å². The fourth-order valence-corrected chi connectivity index (χ4v) is 3.37. The molecule has 2 aromatic carbocycles. The molecule has 5 rings (SSSR count).